The van der Waals surface area contributed by atoms with Gasteiger partial charge in [0.1, 0.15) is 18.1 Å². The van der Waals surface area contributed by atoms with Crippen LogP contribution in [0.3, 0.4) is 0 Å². The number of hydrogen-bond acceptors (Lipinski definition) is 3. The number of carbonyl (C=O) groups excluding carboxylic acids is 1. The molecule has 3 rings (SSSR count). The standard InChI is InChI=1S/C16H15NO3/c1-19-14-8-4-2-6-12(14)16(18)17-10-11-20-15-9-5-3-7-13(15)17/h2-9H,10-11H2,1H3. The number of amides is 1. The van der Waals surface area contributed by atoms with Crippen LogP contribution in [-0.4, -0.2) is 26.2 Å². The van der Waals surface area contributed by atoms with Gasteiger partial charge in [0.2, 0.25) is 0 Å². The van der Waals surface area contributed by atoms with Crippen molar-refractivity contribution in [2.75, 3.05) is 25.2 Å². The third kappa shape index (κ3) is 2.09. The van der Waals surface area contributed by atoms with Gasteiger partial charge in [-0.2, -0.15) is 0 Å². The molecule has 0 spiro atoms. The van der Waals surface area contributed by atoms with Crippen molar-refractivity contribution >= 4 is 11.6 Å². The number of hydrogen-bond donors (Lipinski definition) is 0. The van der Waals surface area contributed by atoms with E-state index in [9.17, 15) is 4.79 Å². The largest absolute Gasteiger partial charge is 0.496 e. The van der Waals surface area contributed by atoms with Crippen LogP contribution in [0.5, 0.6) is 11.5 Å². The van der Waals surface area contributed by atoms with Crippen LogP contribution in [0.1, 0.15) is 10.4 Å². The van der Waals surface area contributed by atoms with Gasteiger partial charge in [-0.25, -0.2) is 0 Å². The molecule has 4 heteroatoms. The predicted molar refractivity (Wildman–Crippen MR) is 76.6 cm³/mol. The van der Waals surface area contributed by atoms with Crippen LogP contribution in [0.25, 0.3) is 0 Å². The third-order valence-corrected chi connectivity index (χ3v) is 3.31. The number of anilines is 1. The summed E-state index contributed by atoms with van der Waals surface area (Å²) in [5.41, 5.74) is 1.36. The Morgan fingerprint density at radius 3 is 2.75 bits per heavy atom. The Kier molecular flexibility index (Phi) is 3.29. The van der Waals surface area contributed by atoms with E-state index < -0.39 is 0 Å². The SMILES string of the molecule is COc1ccccc1C(=O)N1CCOc2ccccc21. The van der Waals surface area contributed by atoms with Gasteiger partial charge >= 0.3 is 0 Å². The quantitative estimate of drug-likeness (QED) is 0.841. The summed E-state index contributed by atoms with van der Waals surface area (Å²) in [5, 5.41) is 0. The van der Waals surface area contributed by atoms with E-state index in [2.05, 4.69) is 0 Å². The van der Waals surface area contributed by atoms with Gasteiger partial charge in [-0.05, 0) is 24.3 Å². The minimum absolute atomic E-state index is 0.0711. The number of methoxy groups -OCH3 is 1. The van der Waals surface area contributed by atoms with E-state index in [0.29, 0.717) is 24.5 Å². The van der Waals surface area contributed by atoms with Crippen molar-refractivity contribution in [2.24, 2.45) is 0 Å². The topological polar surface area (TPSA) is 38.8 Å². The maximum absolute atomic E-state index is 12.7. The Morgan fingerprint density at radius 2 is 1.90 bits per heavy atom. The first-order valence-electron chi connectivity index (χ1n) is 6.48. The minimum Gasteiger partial charge on any atom is -0.496 e. The predicted octanol–water partition coefficient (Wildman–Crippen LogP) is 2.73. The van der Waals surface area contributed by atoms with E-state index in [1.807, 2.05) is 36.4 Å². The summed E-state index contributed by atoms with van der Waals surface area (Å²) in [6.07, 6.45) is 0. The van der Waals surface area contributed by atoms with E-state index in [4.69, 9.17) is 9.47 Å². The fraction of sp³-hybridized carbons (Fsp3) is 0.188. The fourth-order valence-electron chi connectivity index (χ4n) is 2.35. The second-order valence-electron chi connectivity index (χ2n) is 4.47. The Labute approximate surface area is 117 Å². The molecular weight excluding hydrogens is 254 g/mol. The van der Waals surface area contributed by atoms with Crippen LogP contribution in [0, 0.1) is 0 Å². The first kappa shape index (κ1) is 12.5. The van der Waals surface area contributed by atoms with Crippen LogP contribution in [0.15, 0.2) is 48.5 Å². The molecule has 1 heterocycles. The Balaban J connectivity index is 2.00. The van der Waals surface area contributed by atoms with Crippen molar-refractivity contribution in [1.82, 2.24) is 0 Å². The van der Waals surface area contributed by atoms with Gasteiger partial charge in [-0.15, -0.1) is 0 Å². The van der Waals surface area contributed by atoms with E-state index in [1.165, 1.54) is 0 Å². The highest BCUT2D eigenvalue weighted by Gasteiger charge is 2.25. The van der Waals surface area contributed by atoms with Crippen LogP contribution < -0.4 is 14.4 Å². The maximum atomic E-state index is 12.7. The Hall–Kier alpha value is -2.49. The van der Waals surface area contributed by atoms with Crippen molar-refractivity contribution in [1.29, 1.82) is 0 Å². The molecule has 0 atom stereocenters. The van der Waals surface area contributed by atoms with Gasteiger partial charge in [0, 0.05) is 0 Å². The van der Waals surface area contributed by atoms with Crippen LogP contribution in [0.4, 0.5) is 5.69 Å². The van der Waals surface area contributed by atoms with E-state index in [0.717, 1.165) is 11.4 Å². The molecule has 1 aliphatic heterocycles. The summed E-state index contributed by atoms with van der Waals surface area (Å²) in [6, 6.07) is 14.8. The van der Waals surface area contributed by atoms with E-state index >= 15 is 0 Å². The second kappa shape index (κ2) is 5.25. The molecule has 0 aliphatic carbocycles. The molecule has 0 N–H and O–H groups in total. The molecule has 102 valence electrons. The van der Waals surface area contributed by atoms with Gasteiger partial charge in [0.15, 0.2) is 0 Å². The first-order chi connectivity index (χ1) is 9.81. The van der Waals surface area contributed by atoms with Crippen LogP contribution in [0.2, 0.25) is 0 Å². The van der Waals surface area contributed by atoms with Gasteiger partial charge < -0.3 is 14.4 Å². The van der Waals surface area contributed by atoms with E-state index in [1.54, 1.807) is 24.1 Å². The molecule has 0 bridgehead atoms. The van der Waals surface area contributed by atoms with Crippen molar-refractivity contribution in [3.63, 3.8) is 0 Å². The summed E-state index contributed by atoms with van der Waals surface area (Å²) in [4.78, 5) is 14.5. The summed E-state index contributed by atoms with van der Waals surface area (Å²) < 4.78 is 10.8. The number of benzene rings is 2. The number of nitrogens with zero attached hydrogens (tertiary/aromatic N) is 1. The van der Waals surface area contributed by atoms with Crippen molar-refractivity contribution in [3.8, 4) is 11.5 Å². The molecule has 2 aromatic rings. The van der Waals surface area contributed by atoms with Gasteiger partial charge in [0.25, 0.3) is 5.91 Å². The van der Waals surface area contributed by atoms with Crippen molar-refractivity contribution in [3.05, 3.63) is 54.1 Å². The zero-order valence-electron chi connectivity index (χ0n) is 11.2. The van der Waals surface area contributed by atoms with Crippen molar-refractivity contribution in [2.45, 2.75) is 0 Å². The van der Waals surface area contributed by atoms with Crippen LogP contribution in [-0.2, 0) is 0 Å². The highest BCUT2D eigenvalue weighted by molar-refractivity contribution is 6.08. The highest BCUT2D eigenvalue weighted by Crippen LogP contribution is 2.33. The molecular formula is C16H15NO3. The minimum atomic E-state index is -0.0711. The summed E-state index contributed by atoms with van der Waals surface area (Å²) in [7, 11) is 1.57. The zero-order chi connectivity index (χ0) is 13.9. The molecule has 0 saturated heterocycles. The highest BCUT2D eigenvalue weighted by atomic mass is 16.5. The molecule has 0 saturated carbocycles. The Morgan fingerprint density at radius 1 is 1.15 bits per heavy atom. The number of carbonyl (C=O) groups is 1. The molecule has 0 radical (unpaired) electrons. The molecule has 20 heavy (non-hydrogen) atoms. The van der Waals surface area contributed by atoms with Crippen LogP contribution >= 0.6 is 0 Å². The third-order valence-electron chi connectivity index (χ3n) is 3.31. The molecule has 2 aromatic carbocycles. The number of para-hydroxylation sites is 3. The smallest absolute Gasteiger partial charge is 0.262 e. The molecule has 0 fully saturated rings. The fourth-order valence-corrected chi connectivity index (χ4v) is 2.35. The lowest BCUT2D eigenvalue weighted by atomic mass is 10.1. The lowest BCUT2D eigenvalue weighted by molar-refractivity contribution is 0.0973. The average molecular weight is 269 g/mol. The number of fused-ring (bicyclic) bond motifs is 1. The molecule has 4 nitrogen and oxygen atoms in total. The van der Waals surface area contributed by atoms with E-state index in [-0.39, 0.29) is 5.91 Å². The molecule has 0 unspecified atom stereocenters. The second-order valence-corrected chi connectivity index (χ2v) is 4.47. The maximum Gasteiger partial charge on any atom is 0.262 e. The summed E-state index contributed by atoms with van der Waals surface area (Å²) in [6.45, 7) is 1.03. The lowest BCUT2D eigenvalue weighted by Gasteiger charge is -2.29. The van der Waals surface area contributed by atoms with Gasteiger partial charge in [-0.1, -0.05) is 24.3 Å². The first-order valence-corrected chi connectivity index (χ1v) is 6.48. The zero-order valence-corrected chi connectivity index (χ0v) is 11.2. The summed E-state index contributed by atoms with van der Waals surface area (Å²) >= 11 is 0. The normalized spacial score (nSPS) is 13.3. The van der Waals surface area contributed by atoms with Gasteiger partial charge in [-0.3, -0.25) is 4.79 Å². The van der Waals surface area contributed by atoms with Crippen molar-refractivity contribution < 1.29 is 14.3 Å². The monoisotopic (exact) mass is 269 g/mol. The average Bonchev–Trinajstić information content (AvgIpc) is 2.53. The Bertz CT molecular complexity index is 639. The van der Waals surface area contributed by atoms with Gasteiger partial charge in [0.05, 0.1) is 24.9 Å². The molecule has 0 aromatic heterocycles. The number of ether oxygens (including phenoxy) is 2. The molecule has 1 aliphatic rings. The number of rotatable bonds is 2. The lowest BCUT2D eigenvalue weighted by Crippen LogP contribution is -2.38. The molecule has 1 amide bonds. The summed E-state index contributed by atoms with van der Waals surface area (Å²) in [5.74, 6) is 1.25.